The van der Waals surface area contributed by atoms with Gasteiger partial charge in [-0.15, -0.1) is 0 Å². The highest BCUT2D eigenvalue weighted by molar-refractivity contribution is 5.93. The van der Waals surface area contributed by atoms with E-state index < -0.39 is 6.10 Å². The number of benzene rings is 2. The Morgan fingerprint density at radius 1 is 1.06 bits per heavy atom. The largest absolute Gasteiger partial charge is 0.496 e. The number of aliphatic hydroxyl groups is 1. The van der Waals surface area contributed by atoms with E-state index >= 15 is 0 Å². The summed E-state index contributed by atoms with van der Waals surface area (Å²) in [6.45, 7) is 1.99. The Morgan fingerprint density at radius 3 is 2.24 bits per heavy atom. The van der Waals surface area contributed by atoms with Crippen molar-refractivity contribution in [2.24, 2.45) is 0 Å². The number of methoxy groups -OCH3 is 1. The second kappa shape index (κ2) is 5.06. The second-order valence-electron chi connectivity index (χ2n) is 3.97. The molecule has 0 aromatic heterocycles. The van der Waals surface area contributed by atoms with E-state index in [9.17, 15) is 5.11 Å². The van der Waals surface area contributed by atoms with Crippen LogP contribution < -0.4 is 9.47 Å². The molecule has 1 unspecified atom stereocenters. The Labute approximate surface area is 101 Å². The third-order valence-corrected chi connectivity index (χ3v) is 2.54. The van der Waals surface area contributed by atoms with Crippen LogP contribution in [-0.2, 0) is 0 Å². The molecule has 3 heteroatoms. The van der Waals surface area contributed by atoms with Crippen LogP contribution in [0.25, 0.3) is 10.8 Å². The van der Waals surface area contributed by atoms with Crippen LogP contribution in [0.2, 0.25) is 0 Å². The van der Waals surface area contributed by atoms with Gasteiger partial charge in [0.25, 0.3) is 0 Å². The van der Waals surface area contributed by atoms with Gasteiger partial charge in [-0.2, -0.15) is 0 Å². The molecule has 2 aromatic rings. The summed E-state index contributed by atoms with van der Waals surface area (Å²) in [6.07, 6.45) is -0.476. The van der Waals surface area contributed by atoms with Gasteiger partial charge in [0.05, 0.1) is 13.2 Å². The molecule has 17 heavy (non-hydrogen) atoms. The summed E-state index contributed by atoms with van der Waals surface area (Å²) in [4.78, 5) is 0. The van der Waals surface area contributed by atoms with Crippen LogP contribution in [0.4, 0.5) is 0 Å². The van der Waals surface area contributed by atoms with Crippen molar-refractivity contribution in [1.29, 1.82) is 0 Å². The minimum atomic E-state index is -0.476. The average Bonchev–Trinajstić information content (AvgIpc) is 2.35. The summed E-state index contributed by atoms with van der Waals surface area (Å²) in [7, 11) is 1.65. The van der Waals surface area contributed by atoms with Crippen molar-refractivity contribution < 1.29 is 14.6 Å². The highest BCUT2D eigenvalue weighted by Crippen LogP contribution is 2.32. The lowest BCUT2D eigenvalue weighted by Gasteiger charge is -2.12. The highest BCUT2D eigenvalue weighted by atomic mass is 16.5. The lowest BCUT2D eigenvalue weighted by Crippen LogP contribution is -2.12. The Morgan fingerprint density at radius 2 is 1.65 bits per heavy atom. The number of hydrogen-bond donors (Lipinski definition) is 1. The molecular weight excluding hydrogens is 216 g/mol. The fourth-order valence-corrected chi connectivity index (χ4v) is 1.76. The third-order valence-electron chi connectivity index (χ3n) is 2.54. The van der Waals surface area contributed by atoms with E-state index in [-0.39, 0.29) is 6.61 Å². The third kappa shape index (κ3) is 2.50. The molecule has 90 valence electrons. The summed E-state index contributed by atoms with van der Waals surface area (Å²) in [5, 5.41) is 11.2. The predicted octanol–water partition coefficient (Wildman–Crippen LogP) is 2.61. The van der Waals surface area contributed by atoms with E-state index in [1.54, 1.807) is 14.0 Å². The zero-order chi connectivity index (χ0) is 12.3. The first kappa shape index (κ1) is 11.7. The van der Waals surface area contributed by atoms with E-state index in [2.05, 4.69) is 0 Å². The van der Waals surface area contributed by atoms with Crippen LogP contribution >= 0.6 is 0 Å². The van der Waals surface area contributed by atoms with Crippen LogP contribution in [0.1, 0.15) is 6.92 Å². The van der Waals surface area contributed by atoms with Crippen molar-refractivity contribution in [2.75, 3.05) is 13.7 Å². The minimum absolute atomic E-state index is 0.288. The zero-order valence-corrected chi connectivity index (χ0v) is 10.0. The van der Waals surface area contributed by atoms with E-state index in [0.29, 0.717) is 0 Å². The SMILES string of the molecule is COc1ccc(OCC(C)O)c2ccccc12. The Kier molecular flexibility index (Phi) is 3.49. The Balaban J connectivity index is 2.43. The quantitative estimate of drug-likeness (QED) is 0.880. The molecule has 3 nitrogen and oxygen atoms in total. The standard InChI is InChI=1S/C14H16O3/c1-10(15)9-17-14-8-7-13(16-2)11-5-3-4-6-12(11)14/h3-8,10,15H,9H2,1-2H3. The monoisotopic (exact) mass is 232 g/mol. The number of ether oxygens (including phenoxy) is 2. The lowest BCUT2D eigenvalue weighted by molar-refractivity contribution is 0.123. The maximum Gasteiger partial charge on any atom is 0.127 e. The first-order chi connectivity index (χ1) is 8.22. The Hall–Kier alpha value is -1.74. The molecule has 0 aliphatic heterocycles. The van der Waals surface area contributed by atoms with Gasteiger partial charge in [-0.3, -0.25) is 0 Å². The Bertz CT molecular complexity index is 506. The van der Waals surface area contributed by atoms with E-state index in [4.69, 9.17) is 9.47 Å². The maximum absolute atomic E-state index is 9.24. The van der Waals surface area contributed by atoms with Crippen LogP contribution in [0.15, 0.2) is 36.4 Å². The van der Waals surface area contributed by atoms with E-state index in [1.807, 2.05) is 36.4 Å². The van der Waals surface area contributed by atoms with Gasteiger partial charge in [0.15, 0.2) is 0 Å². The fourth-order valence-electron chi connectivity index (χ4n) is 1.76. The lowest BCUT2D eigenvalue weighted by atomic mass is 10.1. The summed E-state index contributed by atoms with van der Waals surface area (Å²) in [5.74, 6) is 1.59. The molecule has 0 heterocycles. The maximum atomic E-state index is 9.24. The molecule has 0 aliphatic carbocycles. The van der Waals surface area contributed by atoms with Crippen molar-refractivity contribution in [3.63, 3.8) is 0 Å². The smallest absolute Gasteiger partial charge is 0.127 e. The van der Waals surface area contributed by atoms with Crippen LogP contribution in [0, 0.1) is 0 Å². The van der Waals surface area contributed by atoms with Crippen LogP contribution in [0.3, 0.4) is 0 Å². The molecule has 0 radical (unpaired) electrons. The zero-order valence-electron chi connectivity index (χ0n) is 10.0. The number of rotatable bonds is 4. The van der Waals surface area contributed by atoms with E-state index in [1.165, 1.54) is 0 Å². The molecule has 0 saturated carbocycles. The molecular formula is C14H16O3. The van der Waals surface area contributed by atoms with Crippen molar-refractivity contribution >= 4 is 10.8 Å². The summed E-state index contributed by atoms with van der Waals surface area (Å²) in [6, 6.07) is 11.6. The van der Waals surface area contributed by atoms with Gasteiger partial charge >= 0.3 is 0 Å². The molecule has 1 N–H and O–H groups in total. The van der Waals surface area contributed by atoms with Crippen molar-refractivity contribution in [3.8, 4) is 11.5 Å². The molecule has 0 bridgehead atoms. The number of aliphatic hydroxyl groups excluding tert-OH is 1. The summed E-state index contributed by atoms with van der Waals surface area (Å²) < 4.78 is 10.9. The molecule has 1 atom stereocenters. The van der Waals surface area contributed by atoms with Gasteiger partial charge in [0.1, 0.15) is 18.1 Å². The number of fused-ring (bicyclic) bond motifs is 1. The molecule has 0 fully saturated rings. The molecule has 2 rings (SSSR count). The number of hydrogen-bond acceptors (Lipinski definition) is 3. The normalized spacial score (nSPS) is 12.4. The summed E-state index contributed by atoms with van der Waals surface area (Å²) in [5.41, 5.74) is 0. The van der Waals surface area contributed by atoms with Crippen molar-refractivity contribution in [3.05, 3.63) is 36.4 Å². The topological polar surface area (TPSA) is 38.7 Å². The molecule has 0 amide bonds. The summed E-state index contributed by atoms with van der Waals surface area (Å²) >= 11 is 0. The van der Waals surface area contributed by atoms with Gasteiger partial charge in [-0.1, -0.05) is 24.3 Å². The molecule has 0 aliphatic rings. The van der Waals surface area contributed by atoms with Crippen LogP contribution in [0.5, 0.6) is 11.5 Å². The van der Waals surface area contributed by atoms with Gasteiger partial charge in [0.2, 0.25) is 0 Å². The van der Waals surface area contributed by atoms with Gasteiger partial charge in [-0.25, -0.2) is 0 Å². The van der Waals surface area contributed by atoms with E-state index in [0.717, 1.165) is 22.3 Å². The van der Waals surface area contributed by atoms with Gasteiger partial charge in [0, 0.05) is 10.8 Å². The molecule has 0 saturated heterocycles. The predicted molar refractivity (Wildman–Crippen MR) is 67.7 cm³/mol. The van der Waals surface area contributed by atoms with Crippen molar-refractivity contribution in [2.45, 2.75) is 13.0 Å². The second-order valence-corrected chi connectivity index (χ2v) is 3.97. The van der Waals surface area contributed by atoms with Crippen LogP contribution in [-0.4, -0.2) is 24.9 Å². The highest BCUT2D eigenvalue weighted by Gasteiger charge is 2.07. The minimum Gasteiger partial charge on any atom is -0.496 e. The average molecular weight is 232 g/mol. The molecule has 2 aromatic carbocycles. The molecule has 0 spiro atoms. The first-order valence-corrected chi connectivity index (χ1v) is 5.59. The fraction of sp³-hybridized carbons (Fsp3) is 0.286. The van der Waals surface area contributed by atoms with Gasteiger partial charge in [-0.05, 0) is 19.1 Å². The first-order valence-electron chi connectivity index (χ1n) is 5.59. The van der Waals surface area contributed by atoms with Crippen molar-refractivity contribution in [1.82, 2.24) is 0 Å². The van der Waals surface area contributed by atoms with Gasteiger partial charge < -0.3 is 14.6 Å².